The highest BCUT2D eigenvalue weighted by atomic mass is 79.9. The molecule has 0 bridgehead atoms. The van der Waals surface area contributed by atoms with Crippen LogP contribution in [0.1, 0.15) is 17.2 Å². The van der Waals surface area contributed by atoms with Gasteiger partial charge in [-0.1, -0.05) is 46.3 Å². The molecule has 5 heteroatoms. The van der Waals surface area contributed by atoms with Gasteiger partial charge in [-0.3, -0.25) is 4.79 Å². The van der Waals surface area contributed by atoms with E-state index in [1.807, 2.05) is 43.3 Å². The van der Waals surface area contributed by atoms with Crippen molar-refractivity contribution in [2.75, 3.05) is 18.2 Å². The molecular formula is C16H17BrN2O2. The summed E-state index contributed by atoms with van der Waals surface area (Å²) in [5, 5.41) is 2.85. The fraction of sp³-hybridized carbons (Fsp3) is 0.188. The fourth-order valence-electron chi connectivity index (χ4n) is 2.15. The number of nitrogen functional groups attached to an aromatic ring is 1. The number of nitrogens with two attached hydrogens (primary N) is 1. The standard InChI is InChI=1S/C16H17BrN2O2/c1-10-8-12(17)9-13(18)14(10)19-16(20)15(21-2)11-6-4-3-5-7-11/h3-9,15H,18H2,1-2H3,(H,19,20). The summed E-state index contributed by atoms with van der Waals surface area (Å²) in [5.41, 5.74) is 8.77. The fourth-order valence-corrected chi connectivity index (χ4v) is 2.74. The third-order valence-electron chi connectivity index (χ3n) is 3.16. The summed E-state index contributed by atoms with van der Waals surface area (Å²) >= 11 is 3.38. The minimum atomic E-state index is -0.673. The number of halogens is 1. The number of anilines is 2. The maximum absolute atomic E-state index is 12.4. The molecule has 21 heavy (non-hydrogen) atoms. The van der Waals surface area contributed by atoms with Crippen molar-refractivity contribution in [3.63, 3.8) is 0 Å². The Balaban J connectivity index is 2.25. The molecule has 0 aliphatic heterocycles. The number of benzene rings is 2. The van der Waals surface area contributed by atoms with E-state index in [4.69, 9.17) is 10.5 Å². The predicted molar refractivity (Wildman–Crippen MR) is 88.1 cm³/mol. The maximum Gasteiger partial charge on any atom is 0.258 e. The first-order chi connectivity index (χ1) is 10.0. The van der Waals surface area contributed by atoms with E-state index in [1.54, 1.807) is 6.07 Å². The van der Waals surface area contributed by atoms with Crippen LogP contribution in [-0.4, -0.2) is 13.0 Å². The quantitative estimate of drug-likeness (QED) is 0.828. The van der Waals surface area contributed by atoms with E-state index in [2.05, 4.69) is 21.2 Å². The first-order valence-corrected chi connectivity index (χ1v) is 7.26. The Hall–Kier alpha value is -1.85. The minimum Gasteiger partial charge on any atom is -0.397 e. The number of carbonyl (C=O) groups excluding carboxylic acids is 1. The molecule has 0 aliphatic rings. The van der Waals surface area contributed by atoms with Crippen LogP contribution in [0.5, 0.6) is 0 Å². The van der Waals surface area contributed by atoms with Crippen LogP contribution in [0.15, 0.2) is 46.9 Å². The normalized spacial score (nSPS) is 12.0. The third-order valence-corrected chi connectivity index (χ3v) is 3.61. The molecule has 0 aromatic heterocycles. The molecule has 0 fully saturated rings. The molecule has 2 aromatic rings. The highest BCUT2D eigenvalue weighted by Crippen LogP contribution is 2.29. The van der Waals surface area contributed by atoms with Crippen molar-refractivity contribution in [2.45, 2.75) is 13.0 Å². The van der Waals surface area contributed by atoms with E-state index in [0.717, 1.165) is 15.6 Å². The monoisotopic (exact) mass is 348 g/mol. The van der Waals surface area contributed by atoms with E-state index in [0.29, 0.717) is 11.4 Å². The lowest BCUT2D eigenvalue weighted by atomic mass is 10.1. The average molecular weight is 349 g/mol. The second-order valence-electron chi connectivity index (χ2n) is 4.70. The van der Waals surface area contributed by atoms with Gasteiger partial charge in [0.05, 0.1) is 11.4 Å². The zero-order valence-corrected chi connectivity index (χ0v) is 13.5. The summed E-state index contributed by atoms with van der Waals surface area (Å²) in [6, 6.07) is 13.0. The van der Waals surface area contributed by atoms with Crippen LogP contribution in [0.25, 0.3) is 0 Å². The van der Waals surface area contributed by atoms with Crippen molar-refractivity contribution >= 4 is 33.2 Å². The molecule has 0 heterocycles. The zero-order valence-electron chi connectivity index (χ0n) is 11.9. The van der Waals surface area contributed by atoms with Gasteiger partial charge in [-0.15, -0.1) is 0 Å². The van der Waals surface area contributed by atoms with Gasteiger partial charge in [0.2, 0.25) is 0 Å². The SMILES string of the molecule is COC(C(=O)Nc1c(C)cc(Br)cc1N)c1ccccc1. The third kappa shape index (κ3) is 3.62. The molecular weight excluding hydrogens is 332 g/mol. The predicted octanol–water partition coefficient (Wildman–Crippen LogP) is 3.67. The molecule has 4 nitrogen and oxygen atoms in total. The maximum atomic E-state index is 12.4. The average Bonchev–Trinajstić information content (AvgIpc) is 2.45. The summed E-state index contributed by atoms with van der Waals surface area (Å²) in [4.78, 5) is 12.4. The second-order valence-corrected chi connectivity index (χ2v) is 5.62. The first kappa shape index (κ1) is 15.5. The highest BCUT2D eigenvalue weighted by molar-refractivity contribution is 9.10. The van der Waals surface area contributed by atoms with Crippen LogP contribution in [0.2, 0.25) is 0 Å². The van der Waals surface area contributed by atoms with E-state index >= 15 is 0 Å². The van der Waals surface area contributed by atoms with Crippen molar-refractivity contribution in [3.05, 3.63) is 58.1 Å². The number of aryl methyl sites for hydroxylation is 1. The number of hydrogen-bond donors (Lipinski definition) is 2. The first-order valence-electron chi connectivity index (χ1n) is 6.47. The molecule has 0 aliphatic carbocycles. The smallest absolute Gasteiger partial charge is 0.258 e. The molecule has 110 valence electrons. The van der Waals surface area contributed by atoms with E-state index < -0.39 is 6.10 Å². The Morgan fingerprint density at radius 3 is 2.52 bits per heavy atom. The van der Waals surface area contributed by atoms with Gasteiger partial charge in [0, 0.05) is 11.6 Å². The number of amides is 1. The Morgan fingerprint density at radius 1 is 1.29 bits per heavy atom. The Morgan fingerprint density at radius 2 is 1.95 bits per heavy atom. The summed E-state index contributed by atoms with van der Waals surface area (Å²) in [5.74, 6) is -0.249. The summed E-state index contributed by atoms with van der Waals surface area (Å²) in [6.45, 7) is 1.89. The van der Waals surface area contributed by atoms with Gasteiger partial charge >= 0.3 is 0 Å². The van der Waals surface area contributed by atoms with Crippen LogP contribution in [0, 0.1) is 6.92 Å². The lowest BCUT2D eigenvalue weighted by Gasteiger charge is -2.18. The Kier molecular flexibility index (Phi) is 4.98. The van der Waals surface area contributed by atoms with Crippen LogP contribution < -0.4 is 11.1 Å². The number of ether oxygens (including phenoxy) is 1. The number of nitrogens with one attached hydrogen (secondary N) is 1. The number of hydrogen-bond acceptors (Lipinski definition) is 3. The lowest BCUT2D eigenvalue weighted by molar-refractivity contribution is -0.126. The van der Waals surface area contributed by atoms with Crippen molar-refractivity contribution in [1.29, 1.82) is 0 Å². The molecule has 0 saturated carbocycles. The van der Waals surface area contributed by atoms with Gasteiger partial charge < -0.3 is 15.8 Å². The van der Waals surface area contributed by atoms with Gasteiger partial charge in [0.15, 0.2) is 6.10 Å². The number of methoxy groups -OCH3 is 1. The molecule has 1 unspecified atom stereocenters. The van der Waals surface area contributed by atoms with Crippen molar-refractivity contribution in [2.24, 2.45) is 0 Å². The zero-order chi connectivity index (χ0) is 15.4. The van der Waals surface area contributed by atoms with Gasteiger partial charge in [0.25, 0.3) is 5.91 Å². The molecule has 1 atom stereocenters. The van der Waals surface area contributed by atoms with Gasteiger partial charge in [-0.2, -0.15) is 0 Å². The minimum absolute atomic E-state index is 0.249. The summed E-state index contributed by atoms with van der Waals surface area (Å²) in [6.07, 6.45) is -0.673. The van der Waals surface area contributed by atoms with E-state index in [1.165, 1.54) is 7.11 Å². The van der Waals surface area contributed by atoms with Gasteiger partial charge in [-0.25, -0.2) is 0 Å². The van der Waals surface area contributed by atoms with Crippen LogP contribution in [-0.2, 0) is 9.53 Å². The molecule has 2 rings (SSSR count). The van der Waals surface area contributed by atoms with Crippen LogP contribution >= 0.6 is 15.9 Å². The molecule has 1 amide bonds. The van der Waals surface area contributed by atoms with Crippen molar-refractivity contribution in [1.82, 2.24) is 0 Å². The van der Waals surface area contributed by atoms with Crippen molar-refractivity contribution in [3.8, 4) is 0 Å². The molecule has 2 aromatic carbocycles. The van der Waals surface area contributed by atoms with Crippen LogP contribution in [0.4, 0.5) is 11.4 Å². The molecule has 3 N–H and O–H groups in total. The second kappa shape index (κ2) is 6.74. The highest BCUT2D eigenvalue weighted by Gasteiger charge is 2.21. The Bertz CT molecular complexity index is 621. The number of rotatable bonds is 4. The molecule has 0 spiro atoms. The lowest BCUT2D eigenvalue weighted by Crippen LogP contribution is -2.23. The largest absolute Gasteiger partial charge is 0.397 e. The van der Waals surface area contributed by atoms with E-state index in [-0.39, 0.29) is 5.91 Å². The van der Waals surface area contributed by atoms with E-state index in [9.17, 15) is 4.79 Å². The summed E-state index contributed by atoms with van der Waals surface area (Å²) in [7, 11) is 1.51. The molecule has 0 radical (unpaired) electrons. The van der Waals surface area contributed by atoms with Gasteiger partial charge in [-0.05, 0) is 30.2 Å². The van der Waals surface area contributed by atoms with Crippen LogP contribution in [0.3, 0.4) is 0 Å². The Labute approximate surface area is 132 Å². The van der Waals surface area contributed by atoms with Gasteiger partial charge in [0.1, 0.15) is 0 Å². The topological polar surface area (TPSA) is 64.3 Å². The summed E-state index contributed by atoms with van der Waals surface area (Å²) < 4.78 is 6.19. The number of carbonyl (C=O) groups is 1. The molecule has 0 saturated heterocycles. The van der Waals surface area contributed by atoms with Crippen molar-refractivity contribution < 1.29 is 9.53 Å².